The molecule has 0 aromatic heterocycles. The first-order chi connectivity index (χ1) is 10.7. The van der Waals surface area contributed by atoms with Crippen molar-refractivity contribution in [1.82, 2.24) is 4.90 Å². The van der Waals surface area contributed by atoms with E-state index in [9.17, 15) is 0 Å². The van der Waals surface area contributed by atoms with E-state index in [1.54, 1.807) is 5.30 Å². The molecule has 2 saturated carbocycles. The predicted octanol–water partition coefficient (Wildman–Crippen LogP) is 4.86. The van der Waals surface area contributed by atoms with Crippen LogP contribution in [0.4, 0.5) is 0 Å². The molecule has 0 radical (unpaired) electrons. The Bertz CT molecular complexity index is 452. The van der Waals surface area contributed by atoms with Crippen LogP contribution in [0.3, 0.4) is 0 Å². The second-order valence-electron chi connectivity index (χ2n) is 7.55. The summed E-state index contributed by atoms with van der Waals surface area (Å²) in [6, 6.07) is 12.3. The summed E-state index contributed by atoms with van der Waals surface area (Å²) >= 11 is 0. The molecular weight excluding hydrogens is 285 g/mol. The minimum Gasteiger partial charge on any atom is -0.306 e. The largest absolute Gasteiger partial charge is 0.306 e. The van der Waals surface area contributed by atoms with Crippen molar-refractivity contribution in [3.63, 3.8) is 0 Å². The van der Waals surface area contributed by atoms with Gasteiger partial charge in [-0.3, -0.25) is 0 Å². The van der Waals surface area contributed by atoms with Crippen molar-refractivity contribution < 1.29 is 0 Å². The van der Waals surface area contributed by atoms with Gasteiger partial charge in [-0.05, 0) is 69.2 Å². The predicted molar refractivity (Wildman–Crippen MR) is 99.5 cm³/mol. The van der Waals surface area contributed by atoms with Gasteiger partial charge in [-0.25, -0.2) is 0 Å². The average Bonchev–Trinajstić information content (AvgIpc) is 3.20. The van der Waals surface area contributed by atoms with Crippen LogP contribution in [-0.2, 0) is 0 Å². The van der Waals surface area contributed by atoms with E-state index >= 15 is 0 Å². The van der Waals surface area contributed by atoms with Crippen LogP contribution in [0.5, 0.6) is 0 Å². The lowest BCUT2D eigenvalue weighted by Crippen LogP contribution is -2.37. The summed E-state index contributed by atoms with van der Waals surface area (Å²) in [5.74, 6) is 0.905. The molecule has 1 aromatic carbocycles. The highest BCUT2D eigenvalue weighted by molar-refractivity contribution is 7.67. The van der Waals surface area contributed by atoms with Gasteiger partial charge in [-0.15, -0.1) is 0 Å². The number of rotatable bonds is 5. The first-order valence-corrected chi connectivity index (χ1v) is 10.7. The van der Waals surface area contributed by atoms with E-state index in [1.165, 1.54) is 44.9 Å². The summed E-state index contributed by atoms with van der Waals surface area (Å²) in [4.78, 5) is 2.45. The van der Waals surface area contributed by atoms with Crippen LogP contribution < -0.4 is 5.30 Å². The number of hydrogen-bond donors (Lipinski definition) is 0. The van der Waals surface area contributed by atoms with Crippen molar-refractivity contribution in [2.24, 2.45) is 5.92 Å². The van der Waals surface area contributed by atoms with Gasteiger partial charge in [0.2, 0.25) is 0 Å². The normalized spacial score (nSPS) is 29.1. The van der Waals surface area contributed by atoms with Crippen LogP contribution in [0.25, 0.3) is 0 Å². The first-order valence-electron chi connectivity index (χ1n) is 9.18. The Morgan fingerprint density at radius 3 is 2.27 bits per heavy atom. The van der Waals surface area contributed by atoms with E-state index in [-0.39, 0.29) is 7.92 Å². The Balaban J connectivity index is 1.88. The molecule has 3 rings (SSSR count). The zero-order valence-electron chi connectivity index (χ0n) is 14.5. The van der Waals surface area contributed by atoms with Gasteiger partial charge in [-0.1, -0.05) is 57.5 Å². The second-order valence-corrected chi connectivity index (χ2v) is 10.3. The molecule has 2 aliphatic carbocycles. The third kappa shape index (κ3) is 3.41. The topological polar surface area (TPSA) is 3.24 Å². The van der Waals surface area contributed by atoms with Crippen molar-refractivity contribution in [3.8, 4) is 0 Å². The highest BCUT2D eigenvalue weighted by Gasteiger charge is 2.41. The highest BCUT2D eigenvalue weighted by atomic mass is 31.1. The third-order valence-corrected chi connectivity index (χ3v) is 9.65. The van der Waals surface area contributed by atoms with E-state index in [0.29, 0.717) is 0 Å². The zero-order chi connectivity index (χ0) is 15.5. The van der Waals surface area contributed by atoms with Gasteiger partial charge < -0.3 is 4.90 Å². The monoisotopic (exact) mass is 317 g/mol. The Labute approximate surface area is 138 Å². The van der Waals surface area contributed by atoms with Crippen molar-refractivity contribution in [3.05, 3.63) is 30.3 Å². The van der Waals surface area contributed by atoms with Crippen LogP contribution in [0.15, 0.2) is 30.3 Å². The van der Waals surface area contributed by atoms with Gasteiger partial charge in [0.05, 0.1) is 0 Å². The van der Waals surface area contributed by atoms with Gasteiger partial charge in [0, 0.05) is 6.04 Å². The molecule has 4 atom stereocenters. The summed E-state index contributed by atoms with van der Waals surface area (Å²) in [7, 11) is 4.55. The quantitative estimate of drug-likeness (QED) is 0.701. The molecule has 0 N–H and O–H groups in total. The lowest BCUT2D eigenvalue weighted by molar-refractivity contribution is 0.232. The maximum absolute atomic E-state index is 2.45. The summed E-state index contributed by atoms with van der Waals surface area (Å²) in [6.45, 7) is 2.45. The van der Waals surface area contributed by atoms with E-state index in [0.717, 1.165) is 23.3 Å². The van der Waals surface area contributed by atoms with Crippen LogP contribution in [0.1, 0.15) is 51.9 Å². The van der Waals surface area contributed by atoms with Crippen LogP contribution in [0, 0.1) is 5.92 Å². The average molecular weight is 317 g/mol. The lowest BCUT2D eigenvalue weighted by Gasteiger charge is -2.38. The maximum Gasteiger partial charge on any atom is 0.00952 e. The molecule has 0 aliphatic heterocycles. The van der Waals surface area contributed by atoms with E-state index in [1.807, 2.05) is 0 Å². The van der Waals surface area contributed by atoms with Gasteiger partial charge in [-0.2, -0.15) is 0 Å². The van der Waals surface area contributed by atoms with Gasteiger partial charge in [0.1, 0.15) is 0 Å². The first kappa shape index (κ1) is 16.5. The van der Waals surface area contributed by atoms with E-state index in [4.69, 9.17) is 0 Å². The van der Waals surface area contributed by atoms with Crippen LogP contribution >= 0.6 is 7.92 Å². The molecular formula is C20H32NP. The second kappa shape index (κ2) is 7.45. The fourth-order valence-electron chi connectivity index (χ4n) is 4.72. The SMILES string of the molecule is C[C@@H](C1CCC[C@@H]1[P@@](c1ccccc1)C1CCCC1)N(C)C. The van der Waals surface area contributed by atoms with Crippen molar-refractivity contribution in [2.45, 2.75) is 69.2 Å². The molecule has 0 amide bonds. The summed E-state index contributed by atoms with van der Waals surface area (Å²) < 4.78 is 0. The highest BCUT2D eigenvalue weighted by Crippen LogP contribution is 2.58. The van der Waals surface area contributed by atoms with Crippen molar-refractivity contribution >= 4 is 13.2 Å². The van der Waals surface area contributed by atoms with Gasteiger partial charge in [0.25, 0.3) is 0 Å². The smallest absolute Gasteiger partial charge is 0.00952 e. The molecule has 2 heteroatoms. The van der Waals surface area contributed by atoms with E-state index < -0.39 is 0 Å². The zero-order valence-corrected chi connectivity index (χ0v) is 15.4. The lowest BCUT2D eigenvalue weighted by atomic mass is 9.98. The Morgan fingerprint density at radius 1 is 0.955 bits per heavy atom. The standard InChI is InChI=1S/C20H32NP/c1-16(21(2)3)19-14-9-15-20(19)22(18-12-7-8-13-18)17-10-5-4-6-11-17/h4-6,10-11,16,18-20H,7-9,12-15H2,1-3H3/t16-,19?,20-,22-/m0/s1. The Hall–Kier alpha value is -0.390. The van der Waals surface area contributed by atoms with Crippen LogP contribution in [0.2, 0.25) is 0 Å². The summed E-state index contributed by atoms with van der Waals surface area (Å²) in [5, 5.41) is 1.69. The Morgan fingerprint density at radius 2 is 1.64 bits per heavy atom. The number of hydrogen-bond acceptors (Lipinski definition) is 1. The molecule has 1 unspecified atom stereocenters. The van der Waals surface area contributed by atoms with Crippen molar-refractivity contribution in [2.75, 3.05) is 14.1 Å². The number of benzene rings is 1. The summed E-state index contributed by atoms with van der Waals surface area (Å²) in [5.41, 5.74) is 1.95. The van der Waals surface area contributed by atoms with Gasteiger partial charge >= 0.3 is 0 Å². The van der Waals surface area contributed by atoms with Gasteiger partial charge in [0.15, 0.2) is 0 Å². The van der Waals surface area contributed by atoms with E-state index in [2.05, 4.69) is 56.3 Å². The molecule has 0 bridgehead atoms. The maximum atomic E-state index is 2.45. The molecule has 0 saturated heterocycles. The Kier molecular flexibility index (Phi) is 5.58. The van der Waals surface area contributed by atoms with Crippen LogP contribution in [-0.4, -0.2) is 36.4 Å². The van der Waals surface area contributed by atoms with Crippen molar-refractivity contribution in [1.29, 1.82) is 0 Å². The number of nitrogens with zero attached hydrogens (tertiary/aromatic N) is 1. The third-order valence-electron chi connectivity index (χ3n) is 6.10. The fraction of sp³-hybridized carbons (Fsp3) is 0.700. The summed E-state index contributed by atoms with van der Waals surface area (Å²) in [6.07, 6.45) is 10.3. The molecule has 0 heterocycles. The molecule has 2 aliphatic rings. The molecule has 2 fully saturated rings. The molecule has 1 aromatic rings. The molecule has 22 heavy (non-hydrogen) atoms. The molecule has 1 nitrogen and oxygen atoms in total. The minimum absolute atomic E-state index is 0.0188. The minimum atomic E-state index is 0.0188. The fourth-order valence-corrected chi connectivity index (χ4v) is 8.77. The molecule has 0 spiro atoms. The molecule has 122 valence electrons.